The summed E-state index contributed by atoms with van der Waals surface area (Å²) in [5.74, 6) is -0.861. The Morgan fingerprint density at radius 1 is 1.57 bits per heavy atom. The second-order valence-corrected chi connectivity index (χ2v) is 7.77. The second-order valence-electron chi connectivity index (χ2n) is 6.17. The highest BCUT2D eigenvalue weighted by molar-refractivity contribution is 7.22. The van der Waals surface area contributed by atoms with Gasteiger partial charge in [0.05, 0.1) is 18.0 Å². The number of fused-ring (bicyclic) bond motifs is 1. The molecule has 0 saturated carbocycles. The minimum atomic E-state index is -1.83. The highest BCUT2D eigenvalue weighted by atomic mass is 35.5. The summed E-state index contributed by atoms with van der Waals surface area (Å²) in [7, 11) is 0. The summed E-state index contributed by atoms with van der Waals surface area (Å²) in [5, 5.41) is 10.0. The predicted octanol–water partition coefficient (Wildman–Crippen LogP) is 4.74. The van der Waals surface area contributed by atoms with Crippen LogP contribution in [-0.4, -0.2) is 33.9 Å². The lowest BCUT2D eigenvalue weighted by Gasteiger charge is -2.32. The van der Waals surface area contributed by atoms with E-state index in [4.69, 9.17) is 21.2 Å². The van der Waals surface area contributed by atoms with Crippen LogP contribution in [0.4, 0.5) is 10.2 Å². The summed E-state index contributed by atoms with van der Waals surface area (Å²) < 4.78 is 73.6. The molecule has 1 aromatic carbocycles. The number of nitrogens with one attached hydrogen (secondary N) is 1. The normalized spacial score (nSPS) is 30.1. The maximum Gasteiger partial charge on any atom is 0.162 e. The number of aryl methyl sites for hydroxylation is 1. The number of piperidine rings is 1. The zero-order chi connectivity index (χ0) is 25.8. The zero-order valence-electron chi connectivity index (χ0n) is 21.7. The van der Waals surface area contributed by atoms with Crippen molar-refractivity contribution in [1.82, 2.24) is 14.9 Å². The first-order valence-electron chi connectivity index (χ1n) is 12.0. The summed E-state index contributed by atoms with van der Waals surface area (Å²) in [6.45, 7) is -2.32. The highest BCUT2D eigenvalue weighted by Crippen LogP contribution is 2.32. The standard InChI is InChI=1S/C20H19ClFN5S/c1-12-6-13(7-14(9-23)18(12)22)10-27-4-2-15(3-5-27)26-19-16-8-17(21)28-20(16)25-11-24-19/h6-8,11,15H,2-5,10H2,1H3,(H,24,25,26)/i4D,5D,8D,10D,11D,15D/hD. The smallest absolute Gasteiger partial charge is 0.162 e. The number of likely N-dealkylation sites (tertiary alicyclic amines) is 1. The first kappa shape index (κ1) is 12.3. The number of benzene rings is 1. The number of nitrogens with zero attached hydrogens (tertiary/aromatic N) is 4. The Labute approximate surface area is 181 Å². The molecule has 4 rings (SSSR count). The Hall–Kier alpha value is -2.27. The van der Waals surface area contributed by atoms with Crippen LogP contribution in [0.25, 0.3) is 10.2 Å². The molecule has 28 heavy (non-hydrogen) atoms. The molecule has 8 heteroatoms. The minimum absolute atomic E-state index is 0.100. The van der Waals surface area contributed by atoms with Crippen molar-refractivity contribution in [1.29, 1.82) is 5.26 Å². The van der Waals surface area contributed by atoms with E-state index in [-0.39, 0.29) is 55.9 Å². The first-order chi connectivity index (χ1) is 16.4. The maximum absolute atomic E-state index is 14.1. The lowest BCUT2D eigenvalue weighted by atomic mass is 10.0. The van der Waals surface area contributed by atoms with Gasteiger partial charge in [-0.3, -0.25) is 4.90 Å². The number of hydrogen-bond donors (Lipinski definition) is 1. The van der Waals surface area contributed by atoms with Gasteiger partial charge in [0.1, 0.15) is 30.2 Å². The third kappa shape index (κ3) is 3.95. The summed E-state index contributed by atoms with van der Waals surface area (Å²) in [5.41, 5.74) is 0.186. The van der Waals surface area contributed by atoms with Crippen LogP contribution in [0.2, 0.25) is 5.75 Å². The number of thiophene rings is 1. The van der Waals surface area contributed by atoms with Gasteiger partial charge in [-0.1, -0.05) is 17.7 Å². The first-order valence-corrected chi connectivity index (χ1v) is 9.54. The third-order valence-electron chi connectivity index (χ3n) is 4.19. The van der Waals surface area contributed by atoms with Crippen molar-refractivity contribution in [2.24, 2.45) is 0 Å². The lowest BCUT2D eigenvalue weighted by molar-refractivity contribution is 0.211. The molecule has 1 saturated heterocycles. The molecule has 2 aromatic heterocycles. The van der Waals surface area contributed by atoms with E-state index < -0.39 is 37.7 Å². The SMILES string of the molecule is [2H]c1nc(N([2H])C2([2H])CC([2H])N(C([2H])c3cc(C)c(F)c(C#N)c3)C([2H])C2)c2c([2H])c(Cl)sc2n1. The van der Waals surface area contributed by atoms with Gasteiger partial charge in [0.25, 0.3) is 0 Å². The zero-order valence-corrected chi connectivity index (χ0v) is 16.3. The van der Waals surface area contributed by atoms with Crippen LogP contribution >= 0.6 is 22.9 Å². The van der Waals surface area contributed by atoms with Crippen molar-refractivity contribution < 1.29 is 14.0 Å². The van der Waals surface area contributed by atoms with Gasteiger partial charge in [-0.05, 0) is 43.0 Å². The van der Waals surface area contributed by atoms with E-state index in [1.54, 1.807) is 6.07 Å². The molecule has 1 aliphatic rings. The molecule has 3 aromatic rings. The number of anilines is 1. The van der Waals surface area contributed by atoms with Gasteiger partial charge in [-0.2, -0.15) is 5.26 Å². The Morgan fingerprint density at radius 3 is 3.11 bits per heavy atom. The number of rotatable bonds is 4. The summed E-state index contributed by atoms with van der Waals surface area (Å²) in [6.07, 6.45) is -0.979. The van der Waals surface area contributed by atoms with Gasteiger partial charge < -0.3 is 5.31 Å². The van der Waals surface area contributed by atoms with E-state index in [9.17, 15) is 9.65 Å². The van der Waals surface area contributed by atoms with Crippen LogP contribution in [-0.2, 0) is 6.52 Å². The van der Waals surface area contributed by atoms with Crippen molar-refractivity contribution in [2.45, 2.75) is 32.3 Å². The van der Waals surface area contributed by atoms with E-state index in [0.29, 0.717) is 5.31 Å². The van der Waals surface area contributed by atoms with Gasteiger partial charge in [-0.15, -0.1) is 11.3 Å². The van der Waals surface area contributed by atoms with Crippen LogP contribution in [0, 0.1) is 24.1 Å². The van der Waals surface area contributed by atoms with Gasteiger partial charge >= 0.3 is 0 Å². The summed E-state index contributed by atoms with van der Waals surface area (Å²) in [6, 6.07) is 2.41. The lowest BCUT2D eigenvalue weighted by Crippen LogP contribution is -2.38. The predicted molar refractivity (Wildman–Crippen MR) is 110 cm³/mol. The van der Waals surface area contributed by atoms with Gasteiger partial charge in [0.15, 0.2) is 1.41 Å². The maximum atomic E-state index is 14.1. The molecule has 5 nitrogen and oxygen atoms in total. The average molecular weight is 423 g/mol. The van der Waals surface area contributed by atoms with Crippen molar-refractivity contribution in [2.75, 3.05) is 18.4 Å². The molecule has 0 amide bonds. The Kier molecular flexibility index (Phi) is 3.52. The quantitative estimate of drug-likeness (QED) is 0.657. The van der Waals surface area contributed by atoms with Crippen LogP contribution in [0.1, 0.15) is 37.8 Å². The third-order valence-corrected chi connectivity index (χ3v) is 5.29. The van der Waals surface area contributed by atoms with E-state index in [0.717, 1.165) is 11.3 Å². The summed E-state index contributed by atoms with van der Waals surface area (Å²) >= 11 is 7.00. The number of hydrogen-bond acceptors (Lipinski definition) is 6. The monoisotopic (exact) mass is 422 g/mol. The second kappa shape index (κ2) is 8.00. The summed E-state index contributed by atoms with van der Waals surface area (Å²) in [4.78, 5) is 9.33. The van der Waals surface area contributed by atoms with Gasteiger partial charge in [0, 0.05) is 29.7 Å². The van der Waals surface area contributed by atoms with Crippen molar-refractivity contribution >= 4 is 39.0 Å². The van der Waals surface area contributed by atoms with Crippen LogP contribution < -0.4 is 5.31 Å². The topological polar surface area (TPSA) is 64.8 Å². The molecule has 0 spiro atoms. The fraction of sp³-hybridized carbons (Fsp3) is 0.350. The Bertz CT molecular complexity index is 1340. The van der Waals surface area contributed by atoms with E-state index in [1.165, 1.54) is 24.0 Å². The number of halogens is 2. The molecule has 1 aliphatic heterocycles. The average Bonchev–Trinajstić information content (AvgIpc) is 3.06. The van der Waals surface area contributed by atoms with Crippen LogP contribution in [0.5, 0.6) is 0 Å². The Balaban J connectivity index is 1.66. The fourth-order valence-electron chi connectivity index (χ4n) is 2.85. The number of aromatic nitrogens is 2. The molecule has 144 valence electrons. The molecular weight excluding hydrogens is 397 g/mol. The molecule has 0 aliphatic carbocycles. The van der Waals surface area contributed by atoms with E-state index in [1.807, 2.05) is 0 Å². The molecule has 1 N–H and O–H groups in total. The Morgan fingerprint density at radius 2 is 2.36 bits per heavy atom. The molecule has 1 fully saturated rings. The minimum Gasteiger partial charge on any atom is -0.367 e. The molecule has 3 heterocycles. The molecule has 3 unspecified atom stereocenters. The van der Waals surface area contributed by atoms with E-state index >= 15 is 0 Å². The fourth-order valence-corrected chi connectivity index (χ4v) is 3.82. The van der Waals surface area contributed by atoms with Gasteiger partial charge in [0.2, 0.25) is 0 Å². The van der Waals surface area contributed by atoms with Crippen molar-refractivity contribution in [3.05, 3.63) is 51.3 Å². The van der Waals surface area contributed by atoms with Gasteiger partial charge in [-0.25, -0.2) is 14.4 Å². The molecular formula is C20H19ClFN5S. The van der Waals surface area contributed by atoms with Crippen LogP contribution in [0.15, 0.2) is 24.5 Å². The van der Waals surface area contributed by atoms with Crippen molar-refractivity contribution in [3.63, 3.8) is 0 Å². The molecule has 3 atom stereocenters. The highest BCUT2D eigenvalue weighted by Gasteiger charge is 2.21. The van der Waals surface area contributed by atoms with Crippen LogP contribution in [0.3, 0.4) is 0 Å². The largest absolute Gasteiger partial charge is 0.367 e. The van der Waals surface area contributed by atoms with Crippen molar-refractivity contribution in [3.8, 4) is 6.07 Å². The molecule has 0 bridgehead atoms. The molecule has 0 radical (unpaired) electrons. The number of nitriles is 1. The van der Waals surface area contributed by atoms with E-state index in [2.05, 4.69) is 9.97 Å².